The van der Waals surface area contributed by atoms with Crippen LogP contribution in [0, 0.1) is 0 Å². The maximum Gasteiger partial charge on any atom is 0.331 e. The fourth-order valence-corrected chi connectivity index (χ4v) is 4.97. The van der Waals surface area contributed by atoms with Crippen LogP contribution in [0.5, 0.6) is 23.0 Å². The van der Waals surface area contributed by atoms with Crippen molar-refractivity contribution < 1.29 is 33.3 Å². The van der Waals surface area contributed by atoms with Crippen molar-refractivity contribution in [2.75, 3.05) is 33.9 Å². The number of methoxy groups -OCH3 is 2. The molecule has 6 rings (SSSR count). The highest BCUT2D eigenvalue weighted by Gasteiger charge is 2.39. The fraction of sp³-hybridized carbons (Fsp3) is 0.345. The molecular formula is C29H31N5O9. The SMILES string of the molecule is COc1cc2cc(c1)C(=O)N[C@H]1CN(C(=O)c3cc(=O)n(C)c(=O)n3C)C[C@@H]1Oc1ccc(c(OC)c1)CNC(=O)CO2. The van der Waals surface area contributed by atoms with Crippen molar-refractivity contribution >= 4 is 17.7 Å². The van der Waals surface area contributed by atoms with Crippen LogP contribution in [0.2, 0.25) is 0 Å². The van der Waals surface area contributed by atoms with Gasteiger partial charge in [-0.3, -0.25) is 28.3 Å². The zero-order valence-corrected chi connectivity index (χ0v) is 24.0. The number of fused-ring (bicyclic) bond motifs is 7. The first-order valence-electron chi connectivity index (χ1n) is 13.4. The topological polar surface area (TPSA) is 159 Å². The summed E-state index contributed by atoms with van der Waals surface area (Å²) in [4.78, 5) is 65.7. The molecule has 2 N–H and O–H groups in total. The van der Waals surface area contributed by atoms with E-state index in [1.807, 2.05) is 0 Å². The van der Waals surface area contributed by atoms with Crippen molar-refractivity contribution in [1.82, 2.24) is 24.7 Å². The predicted molar refractivity (Wildman–Crippen MR) is 152 cm³/mol. The van der Waals surface area contributed by atoms with Gasteiger partial charge in [0, 0.05) is 56.5 Å². The molecule has 0 spiro atoms. The number of nitrogens with one attached hydrogen (secondary N) is 2. The zero-order chi connectivity index (χ0) is 30.8. The molecule has 3 aromatic rings. The Balaban J connectivity index is 1.52. The molecule has 4 heterocycles. The molecule has 0 saturated carbocycles. The lowest BCUT2D eigenvalue weighted by Gasteiger charge is -2.22. The molecule has 0 radical (unpaired) electrons. The minimum Gasteiger partial charge on any atom is -0.497 e. The smallest absolute Gasteiger partial charge is 0.331 e. The summed E-state index contributed by atoms with van der Waals surface area (Å²) in [5.41, 5.74) is -0.454. The molecule has 2 atom stereocenters. The van der Waals surface area contributed by atoms with Gasteiger partial charge >= 0.3 is 5.69 Å². The number of hydrogen-bond acceptors (Lipinski definition) is 9. The maximum atomic E-state index is 13.6. The molecule has 14 heteroatoms. The Bertz CT molecular complexity index is 1710. The van der Waals surface area contributed by atoms with Gasteiger partial charge in [0.15, 0.2) is 6.61 Å². The molecular weight excluding hydrogens is 562 g/mol. The second kappa shape index (κ2) is 11.9. The van der Waals surface area contributed by atoms with Crippen molar-refractivity contribution in [2.24, 2.45) is 14.1 Å². The zero-order valence-electron chi connectivity index (χ0n) is 24.0. The number of carbonyl (C=O) groups is 3. The van der Waals surface area contributed by atoms with Gasteiger partial charge in [-0.25, -0.2) is 4.79 Å². The minimum absolute atomic E-state index is 0.0274. The van der Waals surface area contributed by atoms with E-state index >= 15 is 0 Å². The Hall–Kier alpha value is -5.27. The predicted octanol–water partition coefficient (Wildman–Crippen LogP) is -0.188. The van der Waals surface area contributed by atoms with Gasteiger partial charge in [0.2, 0.25) is 0 Å². The largest absolute Gasteiger partial charge is 0.497 e. The molecule has 3 aliphatic heterocycles. The van der Waals surface area contributed by atoms with Gasteiger partial charge in [-0.15, -0.1) is 0 Å². The number of hydrogen-bond donors (Lipinski definition) is 2. The van der Waals surface area contributed by atoms with Crippen LogP contribution in [-0.4, -0.2) is 77.8 Å². The standard InChI is InChI=1S/C29H31N5O9/c1-32-22(11-26(36)33(2)29(32)39)28(38)34-13-21-24(14-34)43-18-6-5-16(23(10-18)41-4)12-30-25(35)15-42-20-8-17(27(37)31-21)7-19(9-20)40-3/h5-11,21,24H,12-15H2,1-4H3,(H,30,35)(H,31,37)/t21-,24-/m0/s1. The normalized spacial score (nSPS) is 18.5. The van der Waals surface area contributed by atoms with Gasteiger partial charge in [-0.2, -0.15) is 0 Å². The maximum absolute atomic E-state index is 13.6. The number of aromatic nitrogens is 2. The van der Waals surface area contributed by atoms with E-state index in [-0.39, 0.29) is 49.2 Å². The average Bonchev–Trinajstić information content (AvgIpc) is 3.40. The molecule has 14 nitrogen and oxygen atoms in total. The summed E-state index contributed by atoms with van der Waals surface area (Å²) in [5.74, 6) is 0.00113. The van der Waals surface area contributed by atoms with Crippen molar-refractivity contribution in [3.05, 3.63) is 80.1 Å². The number of likely N-dealkylation sites (tertiary alicyclic amines) is 1. The Labute approximate surface area is 245 Å². The molecule has 0 unspecified atom stereocenters. The van der Waals surface area contributed by atoms with Crippen molar-refractivity contribution in [2.45, 2.75) is 18.7 Å². The monoisotopic (exact) mass is 593 g/mol. The highest BCUT2D eigenvalue weighted by Crippen LogP contribution is 2.28. The summed E-state index contributed by atoms with van der Waals surface area (Å²) in [7, 11) is 5.67. The summed E-state index contributed by atoms with van der Waals surface area (Å²) in [6, 6.07) is 10.0. The summed E-state index contributed by atoms with van der Waals surface area (Å²) < 4.78 is 24.8. The number of carbonyl (C=O) groups excluding carboxylic acids is 3. The number of nitrogens with zero attached hydrogens (tertiary/aromatic N) is 3. The van der Waals surface area contributed by atoms with Gasteiger partial charge in [-0.05, 0) is 24.3 Å². The van der Waals surface area contributed by atoms with Crippen LogP contribution in [-0.2, 0) is 25.4 Å². The van der Waals surface area contributed by atoms with E-state index < -0.39 is 35.2 Å². The van der Waals surface area contributed by atoms with Gasteiger partial charge in [0.25, 0.3) is 23.3 Å². The minimum atomic E-state index is -0.719. The number of benzene rings is 2. The molecule has 1 saturated heterocycles. The number of ether oxygens (including phenoxy) is 4. The molecule has 3 aliphatic rings. The van der Waals surface area contributed by atoms with Crippen molar-refractivity contribution in [3.63, 3.8) is 0 Å². The molecule has 4 bridgehead atoms. The average molecular weight is 594 g/mol. The molecule has 226 valence electrons. The van der Waals surface area contributed by atoms with Gasteiger partial charge in [0.1, 0.15) is 34.8 Å². The third kappa shape index (κ3) is 6.03. The van der Waals surface area contributed by atoms with Gasteiger partial charge < -0.3 is 34.5 Å². The summed E-state index contributed by atoms with van der Waals surface area (Å²) in [5, 5.41) is 5.70. The van der Waals surface area contributed by atoms with Gasteiger partial charge in [-0.1, -0.05) is 0 Å². The van der Waals surface area contributed by atoms with E-state index in [2.05, 4.69) is 10.6 Å². The van der Waals surface area contributed by atoms with Crippen LogP contribution in [0.3, 0.4) is 0 Å². The number of amides is 3. The highest BCUT2D eigenvalue weighted by molar-refractivity contribution is 5.96. The first kappa shape index (κ1) is 29.2. The summed E-state index contributed by atoms with van der Waals surface area (Å²) in [6.45, 7) is -0.0668. The molecule has 1 aromatic heterocycles. The molecule has 0 aliphatic carbocycles. The summed E-state index contributed by atoms with van der Waals surface area (Å²) >= 11 is 0. The van der Waals surface area contributed by atoms with Crippen molar-refractivity contribution in [3.8, 4) is 23.0 Å². The Morgan fingerprint density at radius 1 is 0.930 bits per heavy atom. The van der Waals surface area contributed by atoms with Crippen LogP contribution < -0.4 is 40.8 Å². The van der Waals surface area contributed by atoms with Crippen LogP contribution in [0.25, 0.3) is 0 Å². The summed E-state index contributed by atoms with van der Waals surface area (Å²) in [6.07, 6.45) is -0.719. The molecule has 2 aromatic carbocycles. The Morgan fingerprint density at radius 2 is 1.72 bits per heavy atom. The third-order valence-electron chi connectivity index (χ3n) is 7.38. The van der Waals surface area contributed by atoms with E-state index in [9.17, 15) is 24.0 Å². The van der Waals surface area contributed by atoms with Crippen LogP contribution in [0.15, 0.2) is 52.1 Å². The molecule has 43 heavy (non-hydrogen) atoms. The third-order valence-corrected chi connectivity index (χ3v) is 7.38. The lowest BCUT2D eigenvalue weighted by Crippen LogP contribution is -2.45. The first-order valence-corrected chi connectivity index (χ1v) is 13.4. The van der Waals surface area contributed by atoms with E-state index in [0.29, 0.717) is 22.8 Å². The van der Waals surface area contributed by atoms with Gasteiger partial charge in [0.05, 0.1) is 26.8 Å². The second-order valence-electron chi connectivity index (χ2n) is 10.2. The fourth-order valence-electron chi connectivity index (χ4n) is 4.97. The first-order chi connectivity index (χ1) is 20.6. The Kier molecular flexibility index (Phi) is 8.10. The van der Waals surface area contributed by atoms with E-state index in [1.54, 1.807) is 24.3 Å². The lowest BCUT2D eigenvalue weighted by molar-refractivity contribution is -0.123. The van der Waals surface area contributed by atoms with Crippen molar-refractivity contribution in [1.29, 1.82) is 0 Å². The van der Waals surface area contributed by atoms with Crippen LogP contribution in [0.1, 0.15) is 26.4 Å². The highest BCUT2D eigenvalue weighted by atomic mass is 16.5. The van der Waals surface area contributed by atoms with E-state index in [1.165, 1.54) is 45.3 Å². The van der Waals surface area contributed by atoms with E-state index in [0.717, 1.165) is 15.2 Å². The van der Waals surface area contributed by atoms with Crippen LogP contribution >= 0.6 is 0 Å². The quantitative estimate of drug-likeness (QED) is 0.420. The number of rotatable bonds is 3. The Morgan fingerprint density at radius 3 is 2.47 bits per heavy atom. The lowest BCUT2D eigenvalue weighted by atomic mass is 10.1. The van der Waals surface area contributed by atoms with E-state index in [4.69, 9.17) is 18.9 Å². The van der Waals surface area contributed by atoms with Crippen LogP contribution in [0.4, 0.5) is 0 Å². The molecule has 3 amide bonds. The second-order valence-corrected chi connectivity index (χ2v) is 10.2. The molecule has 1 fully saturated rings.